The van der Waals surface area contributed by atoms with Gasteiger partial charge in [0.05, 0.1) is 17.1 Å². The molecule has 4 aromatic rings. The molecule has 1 saturated heterocycles. The van der Waals surface area contributed by atoms with E-state index in [9.17, 15) is 18.4 Å². The van der Waals surface area contributed by atoms with Crippen molar-refractivity contribution in [1.29, 1.82) is 0 Å². The molecule has 0 radical (unpaired) electrons. The summed E-state index contributed by atoms with van der Waals surface area (Å²) in [6, 6.07) is 15.3. The van der Waals surface area contributed by atoms with Crippen LogP contribution in [-0.4, -0.2) is 34.5 Å². The topological polar surface area (TPSA) is 80.4 Å². The van der Waals surface area contributed by atoms with Crippen LogP contribution in [0.1, 0.15) is 22.5 Å². The lowest BCUT2D eigenvalue weighted by atomic mass is 10.2. The molecule has 2 aromatic heterocycles. The molecule has 0 bridgehead atoms. The van der Waals surface area contributed by atoms with Gasteiger partial charge in [0.2, 0.25) is 0 Å². The van der Waals surface area contributed by atoms with Gasteiger partial charge in [-0.15, -0.1) is 11.3 Å². The van der Waals surface area contributed by atoms with Crippen LogP contribution in [0.4, 0.5) is 20.2 Å². The van der Waals surface area contributed by atoms with E-state index in [0.717, 1.165) is 25.0 Å². The van der Waals surface area contributed by atoms with Crippen LogP contribution in [-0.2, 0) is 0 Å². The average molecular weight is 481 g/mol. The van der Waals surface area contributed by atoms with Crippen LogP contribution in [0.25, 0.3) is 15.9 Å². The lowest BCUT2D eigenvalue weighted by Gasteiger charge is -2.23. The molecule has 1 fully saturated rings. The fourth-order valence-corrected chi connectivity index (χ4v) is 5.61. The summed E-state index contributed by atoms with van der Waals surface area (Å²) < 4.78 is 29.6. The predicted molar refractivity (Wildman–Crippen MR) is 130 cm³/mol. The lowest BCUT2D eigenvalue weighted by Crippen LogP contribution is -2.39. The van der Waals surface area contributed by atoms with Crippen molar-refractivity contribution in [2.24, 2.45) is 5.73 Å². The van der Waals surface area contributed by atoms with Crippen LogP contribution in [0, 0.1) is 11.6 Å². The Labute approximate surface area is 198 Å². The minimum atomic E-state index is -0.782. The van der Waals surface area contributed by atoms with E-state index in [1.54, 1.807) is 23.1 Å². The van der Waals surface area contributed by atoms with Gasteiger partial charge in [-0.2, -0.15) is 0 Å². The average Bonchev–Trinajstić information content (AvgIpc) is 3.46. The first-order chi connectivity index (χ1) is 16.5. The highest BCUT2D eigenvalue weighted by Crippen LogP contribution is 2.40. The van der Waals surface area contributed by atoms with Crippen molar-refractivity contribution in [3.8, 4) is 5.69 Å². The molecule has 3 N–H and O–H groups in total. The van der Waals surface area contributed by atoms with Gasteiger partial charge < -0.3 is 16.0 Å². The van der Waals surface area contributed by atoms with E-state index in [1.807, 2.05) is 18.2 Å². The molecular weight excluding hydrogens is 458 g/mol. The number of halogens is 2. The van der Waals surface area contributed by atoms with Gasteiger partial charge in [0.25, 0.3) is 11.5 Å². The Bertz CT molecular complexity index is 1430. The first-order valence-corrected chi connectivity index (χ1v) is 11.8. The molecule has 34 heavy (non-hydrogen) atoms. The Balaban J connectivity index is 1.72. The minimum Gasteiger partial charge on any atom is -0.351 e. The fraction of sp³-hybridized carbons (Fsp3) is 0.200. The van der Waals surface area contributed by atoms with Gasteiger partial charge in [-0.1, -0.05) is 18.2 Å². The largest absolute Gasteiger partial charge is 0.351 e. The molecule has 0 saturated carbocycles. The SMILES string of the molecule is NC[C@@H]1CCCN1C(=O)c1sc2c(ccc(=O)n2-c2ccccc2)c1Nc1ccc(F)cc1F. The summed E-state index contributed by atoms with van der Waals surface area (Å²) in [5, 5.41) is 3.59. The summed E-state index contributed by atoms with van der Waals surface area (Å²) in [4.78, 5) is 29.2. The van der Waals surface area contributed by atoms with Crippen molar-refractivity contribution >= 4 is 38.8 Å². The van der Waals surface area contributed by atoms with E-state index in [4.69, 9.17) is 5.73 Å². The summed E-state index contributed by atoms with van der Waals surface area (Å²) >= 11 is 1.17. The van der Waals surface area contributed by atoms with Crippen LogP contribution in [0.2, 0.25) is 0 Å². The third-order valence-corrected chi connectivity index (χ3v) is 7.23. The number of anilines is 2. The highest BCUT2D eigenvalue weighted by molar-refractivity contribution is 7.21. The number of thiophene rings is 1. The molecule has 0 spiro atoms. The number of amides is 1. The minimum absolute atomic E-state index is 0.0319. The number of carbonyl (C=O) groups excluding carboxylic acids is 1. The van der Waals surface area contributed by atoms with Crippen LogP contribution in [0.15, 0.2) is 65.5 Å². The van der Waals surface area contributed by atoms with Gasteiger partial charge in [0.1, 0.15) is 21.3 Å². The molecule has 1 aliphatic heterocycles. The number of nitrogens with two attached hydrogens (primary N) is 1. The van der Waals surface area contributed by atoms with E-state index in [1.165, 1.54) is 28.0 Å². The number of nitrogens with one attached hydrogen (secondary N) is 1. The van der Waals surface area contributed by atoms with Crippen molar-refractivity contribution < 1.29 is 13.6 Å². The number of rotatable bonds is 5. The maximum absolute atomic E-state index is 14.5. The first-order valence-electron chi connectivity index (χ1n) is 10.9. The zero-order valence-electron chi connectivity index (χ0n) is 18.1. The molecule has 1 amide bonds. The van der Waals surface area contributed by atoms with E-state index in [-0.39, 0.29) is 23.2 Å². The Morgan fingerprint density at radius 2 is 1.91 bits per heavy atom. The number of hydrogen-bond acceptors (Lipinski definition) is 5. The number of hydrogen-bond donors (Lipinski definition) is 2. The van der Waals surface area contributed by atoms with Crippen molar-refractivity contribution in [3.05, 3.63) is 87.5 Å². The van der Waals surface area contributed by atoms with Gasteiger partial charge in [0, 0.05) is 36.7 Å². The van der Waals surface area contributed by atoms with Gasteiger partial charge in [-0.25, -0.2) is 8.78 Å². The summed E-state index contributed by atoms with van der Waals surface area (Å²) in [5.41, 5.74) is 6.70. The number of fused-ring (bicyclic) bond motifs is 1. The smallest absolute Gasteiger partial charge is 0.266 e. The van der Waals surface area contributed by atoms with Crippen LogP contribution in [0.3, 0.4) is 0 Å². The van der Waals surface area contributed by atoms with Crippen molar-refractivity contribution in [3.63, 3.8) is 0 Å². The second-order valence-corrected chi connectivity index (χ2v) is 9.15. The van der Waals surface area contributed by atoms with Gasteiger partial charge in [-0.05, 0) is 43.2 Å². The van der Waals surface area contributed by atoms with Crippen molar-refractivity contribution in [2.45, 2.75) is 18.9 Å². The summed E-state index contributed by atoms with van der Waals surface area (Å²) in [6.07, 6.45) is 1.67. The molecule has 174 valence electrons. The third-order valence-electron chi connectivity index (χ3n) is 6.05. The van der Waals surface area contributed by atoms with Gasteiger partial charge in [-0.3, -0.25) is 14.2 Å². The number of para-hydroxylation sites is 1. The number of nitrogens with zero attached hydrogens (tertiary/aromatic N) is 2. The predicted octanol–water partition coefficient (Wildman–Crippen LogP) is 4.64. The summed E-state index contributed by atoms with van der Waals surface area (Å²) in [6.45, 7) is 0.922. The normalized spacial score (nSPS) is 15.7. The monoisotopic (exact) mass is 480 g/mol. The third kappa shape index (κ3) is 3.86. The summed E-state index contributed by atoms with van der Waals surface area (Å²) in [7, 11) is 0. The standard InChI is InChI=1S/C25H22F2N4O2S/c26-15-8-10-20(19(27)13-15)29-22-18-9-11-21(32)31(16-5-2-1-3-6-16)25(18)34-23(22)24(33)30-12-4-7-17(30)14-28/h1-3,5-6,8-11,13,17,29H,4,7,12,14,28H2/t17-/m0/s1. The quantitative estimate of drug-likeness (QED) is 0.436. The maximum Gasteiger partial charge on any atom is 0.266 e. The molecular formula is C25H22F2N4O2S. The highest BCUT2D eigenvalue weighted by atomic mass is 32.1. The number of likely N-dealkylation sites (tertiary alicyclic amines) is 1. The van der Waals surface area contributed by atoms with E-state index < -0.39 is 11.6 Å². The molecule has 5 rings (SSSR count). The highest BCUT2D eigenvalue weighted by Gasteiger charge is 2.32. The number of carbonyl (C=O) groups is 1. The molecule has 2 aromatic carbocycles. The molecule has 0 unspecified atom stereocenters. The van der Waals surface area contributed by atoms with Gasteiger partial charge in [0.15, 0.2) is 0 Å². The second kappa shape index (κ2) is 9.00. The molecule has 3 heterocycles. The molecule has 1 atom stereocenters. The number of benzene rings is 2. The summed E-state index contributed by atoms with van der Waals surface area (Å²) in [5.74, 6) is -1.71. The fourth-order valence-electron chi connectivity index (χ4n) is 4.38. The lowest BCUT2D eigenvalue weighted by molar-refractivity contribution is 0.0747. The van der Waals surface area contributed by atoms with E-state index >= 15 is 0 Å². The van der Waals surface area contributed by atoms with E-state index in [0.29, 0.717) is 39.6 Å². The Morgan fingerprint density at radius 3 is 2.65 bits per heavy atom. The molecule has 0 aliphatic carbocycles. The van der Waals surface area contributed by atoms with Crippen molar-refractivity contribution in [2.75, 3.05) is 18.4 Å². The molecule has 6 nitrogen and oxygen atoms in total. The second-order valence-electron chi connectivity index (χ2n) is 8.15. The van der Waals surface area contributed by atoms with Crippen LogP contribution < -0.4 is 16.6 Å². The van der Waals surface area contributed by atoms with Crippen LogP contribution >= 0.6 is 11.3 Å². The zero-order chi connectivity index (χ0) is 23.8. The Hall–Kier alpha value is -3.56. The first kappa shape index (κ1) is 22.2. The Kier molecular flexibility index (Phi) is 5.89. The molecule has 1 aliphatic rings. The van der Waals surface area contributed by atoms with Crippen LogP contribution in [0.5, 0.6) is 0 Å². The Morgan fingerprint density at radius 1 is 1.12 bits per heavy atom. The maximum atomic E-state index is 14.5. The number of aromatic nitrogens is 1. The van der Waals surface area contributed by atoms with E-state index in [2.05, 4.69) is 5.32 Å². The zero-order valence-corrected chi connectivity index (χ0v) is 18.9. The molecule has 9 heteroatoms. The van der Waals surface area contributed by atoms with Gasteiger partial charge >= 0.3 is 0 Å². The number of pyridine rings is 1. The van der Waals surface area contributed by atoms with Crippen molar-refractivity contribution in [1.82, 2.24) is 9.47 Å².